The Morgan fingerprint density at radius 3 is 2.71 bits per heavy atom. The molecule has 1 N–H and O–H groups in total. The Labute approximate surface area is 249 Å². The summed E-state index contributed by atoms with van der Waals surface area (Å²) in [6, 6.07) is 11.2. The van der Waals surface area contributed by atoms with Crippen LogP contribution in [0.3, 0.4) is 0 Å². The third-order valence-corrected chi connectivity index (χ3v) is 9.04. The van der Waals surface area contributed by atoms with Crippen molar-refractivity contribution in [3.63, 3.8) is 0 Å². The fourth-order valence-corrected chi connectivity index (χ4v) is 6.72. The summed E-state index contributed by atoms with van der Waals surface area (Å²) in [6.07, 6.45) is 2.50. The van der Waals surface area contributed by atoms with Gasteiger partial charge in [-0.05, 0) is 73.4 Å². The number of hydrogen-bond acceptors (Lipinski definition) is 9. The molecule has 0 aliphatic carbocycles. The number of nitrogens with zero attached hydrogens (tertiary/aromatic N) is 3. The van der Waals surface area contributed by atoms with E-state index in [0.29, 0.717) is 62.8 Å². The number of amides is 1. The molecule has 1 atom stereocenters. The molecule has 1 amide bonds. The van der Waals surface area contributed by atoms with Gasteiger partial charge in [0.2, 0.25) is 5.91 Å². The number of benzene rings is 2. The van der Waals surface area contributed by atoms with Crippen molar-refractivity contribution in [3.05, 3.63) is 68.2 Å². The van der Waals surface area contributed by atoms with Crippen LogP contribution in [-0.4, -0.2) is 59.3 Å². The highest BCUT2D eigenvalue weighted by atomic mass is 32.2. The van der Waals surface area contributed by atoms with Crippen molar-refractivity contribution in [2.45, 2.75) is 37.1 Å². The highest BCUT2D eigenvalue weighted by molar-refractivity contribution is 7.99. The van der Waals surface area contributed by atoms with Crippen LogP contribution in [0.5, 0.6) is 11.5 Å². The lowest BCUT2D eigenvalue weighted by Crippen LogP contribution is -2.28. The van der Waals surface area contributed by atoms with Crippen molar-refractivity contribution in [1.82, 2.24) is 19.4 Å². The predicted octanol–water partition coefficient (Wildman–Crippen LogP) is 4.76. The van der Waals surface area contributed by atoms with E-state index in [2.05, 4.69) is 5.32 Å². The maximum Gasteiger partial charge on any atom is 0.278 e. The number of nitrogens with one attached hydrogen (secondary N) is 1. The second kappa shape index (κ2) is 13.1. The standard InChI is InChI=1S/C28H29FN4O5S3/c1-36-21-10-5-17(14-22(21)37-2)11-12-30-23(34)16-40-27-31-25-24(26(35)33(27)19-8-6-18(29)7-9-19)41-28(39)32(25)15-20-4-3-13-38-20/h5-10,14,20H,3-4,11-13,15-16H2,1-2H3,(H,30,34). The molecule has 1 unspecified atom stereocenters. The first kappa shape index (κ1) is 29.2. The van der Waals surface area contributed by atoms with Gasteiger partial charge in [-0.15, -0.1) is 0 Å². The number of rotatable bonds is 11. The Morgan fingerprint density at radius 1 is 1.22 bits per heavy atom. The van der Waals surface area contributed by atoms with Crippen LogP contribution in [0, 0.1) is 9.77 Å². The summed E-state index contributed by atoms with van der Waals surface area (Å²) < 4.78 is 34.3. The van der Waals surface area contributed by atoms with Crippen molar-refractivity contribution in [1.29, 1.82) is 0 Å². The van der Waals surface area contributed by atoms with Crippen molar-refractivity contribution >= 4 is 51.6 Å². The third kappa shape index (κ3) is 6.64. The molecule has 5 rings (SSSR count). The Bertz CT molecular complexity index is 1660. The van der Waals surface area contributed by atoms with E-state index in [9.17, 15) is 14.0 Å². The highest BCUT2D eigenvalue weighted by Gasteiger charge is 2.22. The first-order valence-electron chi connectivity index (χ1n) is 13.0. The largest absolute Gasteiger partial charge is 0.493 e. The molecule has 0 spiro atoms. The second-order valence-electron chi connectivity index (χ2n) is 9.36. The van der Waals surface area contributed by atoms with Gasteiger partial charge in [-0.1, -0.05) is 29.2 Å². The number of carbonyl (C=O) groups is 1. The van der Waals surface area contributed by atoms with E-state index in [0.717, 1.165) is 30.2 Å². The molecule has 0 radical (unpaired) electrons. The second-order valence-corrected chi connectivity index (χ2v) is 11.9. The maximum atomic E-state index is 13.7. The molecule has 216 valence electrons. The van der Waals surface area contributed by atoms with Crippen LogP contribution in [0.1, 0.15) is 18.4 Å². The molecule has 2 aromatic heterocycles. The van der Waals surface area contributed by atoms with Gasteiger partial charge in [0.15, 0.2) is 26.3 Å². The smallest absolute Gasteiger partial charge is 0.278 e. The van der Waals surface area contributed by atoms with Crippen LogP contribution in [-0.2, 0) is 22.5 Å². The van der Waals surface area contributed by atoms with Crippen molar-refractivity contribution in [2.24, 2.45) is 0 Å². The lowest BCUT2D eigenvalue weighted by atomic mass is 10.1. The highest BCUT2D eigenvalue weighted by Crippen LogP contribution is 2.28. The number of halogens is 1. The summed E-state index contributed by atoms with van der Waals surface area (Å²) in [4.78, 5) is 31.3. The number of hydrogen-bond donors (Lipinski definition) is 1. The summed E-state index contributed by atoms with van der Waals surface area (Å²) in [7, 11) is 3.16. The molecule has 1 aliphatic rings. The van der Waals surface area contributed by atoms with Crippen LogP contribution < -0.4 is 20.3 Å². The molecule has 0 saturated carbocycles. The minimum absolute atomic E-state index is 0.00776. The molecule has 4 aromatic rings. The number of thiazole rings is 1. The molecule has 9 nitrogen and oxygen atoms in total. The van der Waals surface area contributed by atoms with E-state index in [1.807, 2.05) is 22.8 Å². The predicted molar refractivity (Wildman–Crippen MR) is 160 cm³/mol. The fourth-order valence-electron chi connectivity index (χ4n) is 4.61. The summed E-state index contributed by atoms with van der Waals surface area (Å²) in [6.45, 7) is 1.62. The Kier molecular flexibility index (Phi) is 9.38. The topological polar surface area (TPSA) is 96.6 Å². The Morgan fingerprint density at radius 2 is 2.00 bits per heavy atom. The van der Waals surface area contributed by atoms with Crippen LogP contribution >= 0.6 is 35.3 Å². The normalized spacial score (nSPS) is 14.9. The minimum Gasteiger partial charge on any atom is -0.493 e. The lowest BCUT2D eigenvalue weighted by molar-refractivity contribution is -0.118. The molecule has 1 aliphatic heterocycles. The monoisotopic (exact) mass is 616 g/mol. The molecule has 13 heteroatoms. The van der Waals surface area contributed by atoms with Crippen molar-refractivity contribution in [2.75, 3.05) is 33.1 Å². The maximum absolute atomic E-state index is 13.7. The zero-order valence-electron chi connectivity index (χ0n) is 22.6. The molecule has 41 heavy (non-hydrogen) atoms. The van der Waals surface area contributed by atoms with Gasteiger partial charge in [-0.25, -0.2) is 9.37 Å². The summed E-state index contributed by atoms with van der Waals surface area (Å²) >= 11 is 7.93. The van der Waals surface area contributed by atoms with Gasteiger partial charge in [0, 0.05) is 13.2 Å². The number of carbonyl (C=O) groups excluding carboxylic acids is 1. The number of ether oxygens (including phenoxy) is 3. The van der Waals surface area contributed by atoms with E-state index >= 15 is 0 Å². The lowest BCUT2D eigenvalue weighted by Gasteiger charge is -2.14. The zero-order chi connectivity index (χ0) is 28.9. The van der Waals surface area contributed by atoms with Gasteiger partial charge in [0.05, 0.1) is 38.3 Å². The van der Waals surface area contributed by atoms with Crippen LogP contribution in [0.2, 0.25) is 0 Å². The number of fused-ring (bicyclic) bond motifs is 1. The number of aromatic nitrogens is 3. The molecule has 1 fully saturated rings. The van der Waals surface area contributed by atoms with Crippen LogP contribution in [0.15, 0.2) is 52.4 Å². The number of thioether (sulfide) groups is 1. The SMILES string of the molecule is COc1ccc(CCNC(=O)CSc2nc3c(sc(=S)n3CC3CCCO3)c(=O)n2-c2ccc(F)cc2)cc1OC. The fraction of sp³-hybridized carbons (Fsp3) is 0.357. The molecular weight excluding hydrogens is 588 g/mol. The minimum atomic E-state index is -0.419. The average molecular weight is 617 g/mol. The van der Waals surface area contributed by atoms with E-state index in [-0.39, 0.29) is 23.3 Å². The Balaban J connectivity index is 1.36. The Hall–Kier alpha value is -3.26. The first-order valence-corrected chi connectivity index (χ1v) is 15.2. The quantitative estimate of drug-likeness (QED) is 0.146. The summed E-state index contributed by atoms with van der Waals surface area (Å²) in [5, 5.41) is 3.23. The molecule has 2 aromatic carbocycles. The number of methoxy groups -OCH3 is 2. The van der Waals surface area contributed by atoms with Gasteiger partial charge in [-0.2, -0.15) is 0 Å². The molecule has 3 heterocycles. The van der Waals surface area contributed by atoms with Gasteiger partial charge in [0.1, 0.15) is 10.5 Å². The van der Waals surface area contributed by atoms with Gasteiger partial charge in [-0.3, -0.25) is 14.2 Å². The van der Waals surface area contributed by atoms with Crippen molar-refractivity contribution in [3.8, 4) is 17.2 Å². The molecule has 0 bridgehead atoms. The van der Waals surface area contributed by atoms with E-state index < -0.39 is 5.82 Å². The van der Waals surface area contributed by atoms with Gasteiger partial charge >= 0.3 is 0 Å². The van der Waals surface area contributed by atoms with Crippen LogP contribution in [0.25, 0.3) is 16.0 Å². The van der Waals surface area contributed by atoms with E-state index in [4.69, 9.17) is 31.4 Å². The summed E-state index contributed by atoms with van der Waals surface area (Å²) in [5.41, 5.74) is 1.59. The third-order valence-electron chi connectivity index (χ3n) is 6.67. The summed E-state index contributed by atoms with van der Waals surface area (Å²) in [5.74, 6) is 0.662. The molecular formula is C28H29FN4O5S3. The van der Waals surface area contributed by atoms with Gasteiger partial charge in [0.25, 0.3) is 5.56 Å². The average Bonchev–Trinajstić information content (AvgIpc) is 3.61. The van der Waals surface area contributed by atoms with E-state index in [1.165, 1.54) is 40.2 Å². The van der Waals surface area contributed by atoms with Gasteiger partial charge < -0.3 is 24.1 Å². The zero-order valence-corrected chi connectivity index (χ0v) is 25.0. The van der Waals surface area contributed by atoms with Crippen LogP contribution in [0.4, 0.5) is 4.39 Å². The first-order chi connectivity index (χ1) is 19.9. The van der Waals surface area contributed by atoms with Crippen molar-refractivity contribution < 1.29 is 23.4 Å². The molecule has 1 saturated heterocycles. The van der Waals surface area contributed by atoms with E-state index in [1.54, 1.807) is 14.2 Å².